The Bertz CT molecular complexity index is 193. The Morgan fingerprint density at radius 2 is 1.88 bits per heavy atom. The van der Waals surface area contributed by atoms with Gasteiger partial charge >= 0.3 is 0 Å². The van der Waals surface area contributed by atoms with Crippen LogP contribution in [0.15, 0.2) is 0 Å². The quantitative estimate of drug-likeness (QED) is 0.799. The Kier molecular flexibility index (Phi) is 5.22. The van der Waals surface area contributed by atoms with Gasteiger partial charge in [-0.25, -0.2) is 0 Å². The molecular weight excluding hydrogens is 202 g/mol. The van der Waals surface area contributed by atoms with E-state index < -0.39 is 0 Å². The van der Waals surface area contributed by atoms with Crippen molar-refractivity contribution >= 4 is 0 Å². The first-order valence-electron chi connectivity index (χ1n) is 6.41. The van der Waals surface area contributed by atoms with E-state index in [2.05, 4.69) is 11.8 Å². The summed E-state index contributed by atoms with van der Waals surface area (Å²) in [5.74, 6) is 0.846. The number of rotatable bonds is 4. The van der Waals surface area contributed by atoms with E-state index in [-0.39, 0.29) is 11.7 Å². The molecule has 1 fully saturated rings. The average Bonchev–Trinajstić information content (AvgIpc) is 2.18. The maximum absolute atomic E-state index is 9.86. The van der Waals surface area contributed by atoms with E-state index in [0.29, 0.717) is 6.61 Å². The summed E-state index contributed by atoms with van der Waals surface area (Å²) in [7, 11) is 0. The highest BCUT2D eigenvalue weighted by atomic mass is 16.5. The van der Waals surface area contributed by atoms with Gasteiger partial charge in [0.1, 0.15) is 0 Å². The highest BCUT2D eigenvalue weighted by Crippen LogP contribution is 2.16. The summed E-state index contributed by atoms with van der Waals surface area (Å²) < 4.78 is 5.58. The summed E-state index contributed by atoms with van der Waals surface area (Å²) >= 11 is 0. The molecular formula is C13H27NO2. The predicted octanol–water partition coefficient (Wildman–Crippen LogP) is 1.89. The highest BCUT2D eigenvalue weighted by Gasteiger charge is 2.19. The van der Waals surface area contributed by atoms with Crippen molar-refractivity contribution in [3.8, 4) is 0 Å². The molecule has 1 rings (SSSR count). The van der Waals surface area contributed by atoms with Crippen LogP contribution in [0, 0.1) is 5.92 Å². The zero-order valence-corrected chi connectivity index (χ0v) is 11.2. The molecule has 0 aromatic rings. The average molecular weight is 229 g/mol. The molecule has 0 saturated carbocycles. The molecule has 0 spiro atoms. The number of nitrogens with zero attached hydrogens (tertiary/aromatic N) is 1. The van der Waals surface area contributed by atoms with Crippen LogP contribution in [0.5, 0.6) is 0 Å². The second kappa shape index (κ2) is 5.99. The van der Waals surface area contributed by atoms with Gasteiger partial charge in [-0.1, -0.05) is 6.92 Å². The SMILES string of the molecule is CC1CCN(C[C@@H](O)COC(C)(C)C)CC1. The van der Waals surface area contributed by atoms with E-state index in [0.717, 1.165) is 25.6 Å². The number of aliphatic hydroxyl groups excluding tert-OH is 1. The van der Waals surface area contributed by atoms with Crippen LogP contribution < -0.4 is 0 Å². The van der Waals surface area contributed by atoms with Gasteiger partial charge in [0, 0.05) is 6.54 Å². The van der Waals surface area contributed by atoms with E-state index >= 15 is 0 Å². The van der Waals surface area contributed by atoms with Gasteiger partial charge in [-0.2, -0.15) is 0 Å². The monoisotopic (exact) mass is 229 g/mol. The molecule has 1 atom stereocenters. The summed E-state index contributed by atoms with van der Waals surface area (Å²) in [6.07, 6.45) is 2.16. The number of aliphatic hydroxyl groups is 1. The maximum Gasteiger partial charge on any atom is 0.0900 e. The summed E-state index contributed by atoms with van der Waals surface area (Å²) in [5, 5.41) is 9.86. The first kappa shape index (κ1) is 13.9. The topological polar surface area (TPSA) is 32.7 Å². The molecule has 1 heterocycles. The molecule has 0 aromatic heterocycles. The second-order valence-electron chi connectivity index (χ2n) is 6.06. The van der Waals surface area contributed by atoms with Gasteiger partial charge in [0.2, 0.25) is 0 Å². The van der Waals surface area contributed by atoms with Crippen LogP contribution in [0.3, 0.4) is 0 Å². The minimum atomic E-state index is -0.354. The van der Waals surface area contributed by atoms with Crippen molar-refractivity contribution < 1.29 is 9.84 Å². The molecule has 3 nitrogen and oxygen atoms in total. The fraction of sp³-hybridized carbons (Fsp3) is 1.00. The van der Waals surface area contributed by atoms with Gasteiger partial charge in [-0.3, -0.25) is 0 Å². The standard InChI is InChI=1S/C13H27NO2/c1-11-5-7-14(8-6-11)9-12(15)10-16-13(2,3)4/h11-12,15H,5-10H2,1-4H3/t12-/m1/s1. The number of likely N-dealkylation sites (tertiary alicyclic amines) is 1. The van der Waals surface area contributed by atoms with Crippen LogP contribution in [-0.4, -0.2) is 48.0 Å². The van der Waals surface area contributed by atoms with Crippen LogP contribution >= 0.6 is 0 Å². The molecule has 1 aliphatic heterocycles. The molecule has 0 bridgehead atoms. The minimum Gasteiger partial charge on any atom is -0.389 e. The van der Waals surface area contributed by atoms with Crippen molar-refractivity contribution in [1.29, 1.82) is 0 Å². The number of piperidine rings is 1. The first-order valence-corrected chi connectivity index (χ1v) is 6.41. The van der Waals surface area contributed by atoms with Crippen molar-refractivity contribution in [1.82, 2.24) is 4.90 Å². The molecule has 96 valence electrons. The van der Waals surface area contributed by atoms with Crippen LogP contribution in [0.2, 0.25) is 0 Å². The summed E-state index contributed by atoms with van der Waals surface area (Å²) in [5.41, 5.74) is -0.155. The third kappa shape index (κ3) is 5.83. The lowest BCUT2D eigenvalue weighted by atomic mass is 9.99. The molecule has 0 aromatic carbocycles. The smallest absolute Gasteiger partial charge is 0.0900 e. The Morgan fingerprint density at radius 3 is 2.38 bits per heavy atom. The van der Waals surface area contributed by atoms with E-state index in [4.69, 9.17) is 4.74 Å². The normalized spacial score (nSPS) is 22.3. The van der Waals surface area contributed by atoms with Crippen molar-refractivity contribution in [3.05, 3.63) is 0 Å². The molecule has 0 amide bonds. The molecule has 0 unspecified atom stereocenters. The van der Waals surface area contributed by atoms with E-state index in [1.165, 1.54) is 12.8 Å². The fourth-order valence-corrected chi connectivity index (χ4v) is 1.94. The van der Waals surface area contributed by atoms with Crippen LogP contribution in [-0.2, 0) is 4.74 Å². The van der Waals surface area contributed by atoms with Gasteiger partial charge < -0.3 is 14.7 Å². The molecule has 16 heavy (non-hydrogen) atoms. The van der Waals surface area contributed by atoms with E-state index in [1.54, 1.807) is 0 Å². The summed E-state index contributed by atoms with van der Waals surface area (Å²) in [6, 6.07) is 0. The minimum absolute atomic E-state index is 0.155. The molecule has 1 aliphatic rings. The number of hydrogen-bond donors (Lipinski definition) is 1. The van der Waals surface area contributed by atoms with Gasteiger partial charge in [0.25, 0.3) is 0 Å². The lowest BCUT2D eigenvalue weighted by Gasteiger charge is -2.32. The van der Waals surface area contributed by atoms with Crippen LogP contribution in [0.1, 0.15) is 40.5 Å². The van der Waals surface area contributed by atoms with Crippen molar-refractivity contribution in [2.75, 3.05) is 26.2 Å². The van der Waals surface area contributed by atoms with Crippen LogP contribution in [0.25, 0.3) is 0 Å². The lowest BCUT2D eigenvalue weighted by Crippen LogP contribution is -2.40. The van der Waals surface area contributed by atoms with E-state index in [1.807, 2.05) is 20.8 Å². The molecule has 1 N–H and O–H groups in total. The fourth-order valence-electron chi connectivity index (χ4n) is 1.94. The zero-order chi connectivity index (χ0) is 12.2. The molecule has 3 heteroatoms. The van der Waals surface area contributed by atoms with Gasteiger partial charge in [-0.05, 0) is 52.6 Å². The third-order valence-electron chi connectivity index (χ3n) is 3.05. The Hall–Kier alpha value is -0.120. The van der Waals surface area contributed by atoms with Crippen molar-refractivity contribution in [3.63, 3.8) is 0 Å². The second-order valence-corrected chi connectivity index (χ2v) is 6.06. The Balaban J connectivity index is 2.16. The zero-order valence-electron chi connectivity index (χ0n) is 11.2. The van der Waals surface area contributed by atoms with Crippen molar-refractivity contribution in [2.45, 2.75) is 52.2 Å². The summed E-state index contributed by atoms with van der Waals surface area (Å²) in [4.78, 5) is 2.34. The largest absolute Gasteiger partial charge is 0.389 e. The Labute approximate surface area is 99.8 Å². The first-order chi connectivity index (χ1) is 7.37. The Morgan fingerprint density at radius 1 is 1.31 bits per heavy atom. The lowest BCUT2D eigenvalue weighted by molar-refractivity contribution is -0.0577. The molecule has 0 radical (unpaired) electrons. The highest BCUT2D eigenvalue weighted by molar-refractivity contribution is 4.72. The maximum atomic E-state index is 9.86. The van der Waals surface area contributed by atoms with Gasteiger partial charge in [-0.15, -0.1) is 0 Å². The number of hydrogen-bond acceptors (Lipinski definition) is 3. The van der Waals surface area contributed by atoms with Gasteiger partial charge in [0.05, 0.1) is 18.3 Å². The third-order valence-corrected chi connectivity index (χ3v) is 3.05. The van der Waals surface area contributed by atoms with E-state index in [9.17, 15) is 5.11 Å². The van der Waals surface area contributed by atoms with Crippen molar-refractivity contribution in [2.24, 2.45) is 5.92 Å². The number of β-amino-alcohol motifs (C(OH)–C–C–N with tert-alkyl or cyclic N) is 1. The van der Waals surface area contributed by atoms with Gasteiger partial charge in [0.15, 0.2) is 0 Å². The number of ether oxygens (including phenoxy) is 1. The van der Waals surface area contributed by atoms with Crippen LogP contribution in [0.4, 0.5) is 0 Å². The predicted molar refractivity (Wildman–Crippen MR) is 66.5 cm³/mol. The summed E-state index contributed by atoms with van der Waals surface area (Å²) in [6.45, 7) is 11.8. The molecule has 1 saturated heterocycles. The molecule has 0 aliphatic carbocycles.